The van der Waals surface area contributed by atoms with Crippen LogP contribution in [-0.4, -0.2) is 24.2 Å². The van der Waals surface area contributed by atoms with Crippen LogP contribution in [0.15, 0.2) is 24.4 Å². The van der Waals surface area contributed by atoms with E-state index in [-0.39, 0.29) is 41.7 Å². The van der Waals surface area contributed by atoms with Crippen LogP contribution in [0.1, 0.15) is 138 Å². The molecule has 2 heterocycles. The lowest BCUT2D eigenvalue weighted by molar-refractivity contribution is -0.137. The van der Waals surface area contributed by atoms with Gasteiger partial charge >= 0.3 is 6.18 Å². The van der Waals surface area contributed by atoms with Gasteiger partial charge in [0.15, 0.2) is 8.32 Å². The van der Waals surface area contributed by atoms with Crippen molar-refractivity contribution in [2.75, 3.05) is 0 Å². The molecule has 4 rings (SSSR count). The van der Waals surface area contributed by atoms with E-state index in [1.54, 1.807) is 6.08 Å². The Bertz CT molecular complexity index is 1370. The zero-order valence-corrected chi connectivity index (χ0v) is 28.3. The van der Waals surface area contributed by atoms with Crippen LogP contribution in [0, 0.1) is 5.41 Å². The molecule has 9 heteroatoms. The van der Waals surface area contributed by atoms with Crippen molar-refractivity contribution in [2.24, 2.45) is 5.41 Å². The molecule has 0 saturated carbocycles. The first-order chi connectivity index (χ1) is 19.5. The third-order valence-corrected chi connectivity index (χ3v) is 14.1. The van der Waals surface area contributed by atoms with Crippen LogP contribution in [0.2, 0.25) is 18.1 Å². The Balaban J connectivity index is 2.03. The molecular formula is C34H47F5N2OSi. The quantitative estimate of drug-likeness (QED) is 0.237. The third-order valence-electron chi connectivity index (χ3n) is 9.60. The molecule has 0 spiro atoms. The average molecular weight is 623 g/mol. The van der Waals surface area contributed by atoms with E-state index in [4.69, 9.17) is 9.41 Å². The molecule has 2 aliphatic rings. The number of nitrogens with zero attached hydrogens (tertiary/aromatic N) is 2. The smallest absolute Gasteiger partial charge is 0.410 e. The summed E-state index contributed by atoms with van der Waals surface area (Å²) >= 11 is 0. The Kier molecular flexibility index (Phi) is 8.90. The molecule has 0 radical (unpaired) electrons. The minimum Gasteiger partial charge on any atom is -0.410 e. The molecule has 0 bridgehead atoms. The number of hydrogen-bond donors (Lipinski definition) is 0. The molecule has 43 heavy (non-hydrogen) atoms. The van der Waals surface area contributed by atoms with Gasteiger partial charge < -0.3 is 4.43 Å². The summed E-state index contributed by atoms with van der Waals surface area (Å²) in [5, 5.41) is -0.0490. The first-order valence-corrected chi connectivity index (χ1v) is 18.3. The van der Waals surface area contributed by atoms with E-state index < -0.39 is 31.9 Å². The predicted octanol–water partition coefficient (Wildman–Crippen LogP) is 11.0. The van der Waals surface area contributed by atoms with Gasteiger partial charge in [-0.25, -0.2) is 8.78 Å². The third kappa shape index (κ3) is 7.08. The van der Waals surface area contributed by atoms with Crippen molar-refractivity contribution in [3.63, 3.8) is 0 Å². The van der Waals surface area contributed by atoms with Gasteiger partial charge in [-0.1, -0.05) is 61.5 Å². The summed E-state index contributed by atoms with van der Waals surface area (Å²) in [6.45, 7) is 21.5. The Labute approximate surface area is 254 Å². The SMILES string of the molecule is CC(C)c1nc2c(c(C3=CCC(F)(F)CC3)c1[C@H](C)c1ccc(C(F)(F)F)cn1)C(O[Si](C)(C)C(C)(C)C)CC(C)(C)C2. The summed E-state index contributed by atoms with van der Waals surface area (Å²) in [7, 11) is -2.27. The number of rotatable bonds is 6. The highest BCUT2D eigenvalue weighted by atomic mass is 28.4. The first-order valence-electron chi connectivity index (χ1n) is 15.4. The molecule has 0 amide bonds. The van der Waals surface area contributed by atoms with Gasteiger partial charge in [0, 0.05) is 47.6 Å². The largest absolute Gasteiger partial charge is 0.417 e. The summed E-state index contributed by atoms with van der Waals surface area (Å²) in [6, 6.07) is 2.49. The van der Waals surface area contributed by atoms with Crippen LogP contribution in [-0.2, 0) is 17.0 Å². The van der Waals surface area contributed by atoms with E-state index in [1.807, 2.05) is 6.92 Å². The van der Waals surface area contributed by atoms with Gasteiger partial charge in [-0.2, -0.15) is 13.2 Å². The van der Waals surface area contributed by atoms with Gasteiger partial charge in [0.1, 0.15) is 0 Å². The number of alkyl halides is 5. The van der Waals surface area contributed by atoms with E-state index in [9.17, 15) is 22.0 Å². The molecule has 0 N–H and O–H groups in total. The van der Waals surface area contributed by atoms with Crippen LogP contribution in [0.3, 0.4) is 0 Å². The summed E-state index contributed by atoms with van der Waals surface area (Å²) in [6.07, 6.45) is -1.13. The molecule has 2 aliphatic carbocycles. The highest BCUT2D eigenvalue weighted by Crippen LogP contribution is 2.52. The Morgan fingerprint density at radius 1 is 1.05 bits per heavy atom. The molecule has 2 atom stereocenters. The van der Waals surface area contributed by atoms with E-state index in [2.05, 4.69) is 66.5 Å². The van der Waals surface area contributed by atoms with Gasteiger partial charge in [-0.15, -0.1) is 0 Å². The Morgan fingerprint density at radius 3 is 2.19 bits per heavy atom. The number of pyridine rings is 2. The molecule has 0 saturated heterocycles. The molecular weight excluding hydrogens is 575 g/mol. The van der Waals surface area contributed by atoms with Gasteiger partial charge in [0.2, 0.25) is 0 Å². The van der Waals surface area contributed by atoms with Crippen LogP contribution in [0.4, 0.5) is 22.0 Å². The lowest BCUT2D eigenvalue weighted by Crippen LogP contribution is -2.44. The van der Waals surface area contributed by atoms with Crippen LogP contribution in [0.5, 0.6) is 0 Å². The molecule has 2 aromatic heterocycles. The number of hydrogen-bond acceptors (Lipinski definition) is 3. The minimum atomic E-state index is -4.49. The lowest BCUT2D eigenvalue weighted by Gasteiger charge is -2.45. The summed E-state index contributed by atoms with van der Waals surface area (Å²) in [5.41, 5.74) is 4.95. The van der Waals surface area contributed by atoms with Crippen molar-refractivity contribution in [3.05, 3.63) is 63.7 Å². The van der Waals surface area contributed by atoms with Crippen molar-refractivity contribution in [2.45, 2.75) is 136 Å². The zero-order chi connectivity index (χ0) is 32.3. The summed E-state index contributed by atoms with van der Waals surface area (Å²) in [5.74, 6) is -3.19. The zero-order valence-electron chi connectivity index (χ0n) is 27.3. The fourth-order valence-electron chi connectivity index (χ4n) is 6.15. The van der Waals surface area contributed by atoms with Gasteiger partial charge in [-0.3, -0.25) is 9.97 Å². The number of halogens is 5. The fourth-order valence-corrected chi connectivity index (χ4v) is 7.42. The lowest BCUT2D eigenvalue weighted by atomic mass is 9.70. The average Bonchev–Trinajstić information content (AvgIpc) is 2.85. The fraction of sp³-hybridized carbons (Fsp3) is 0.647. The second kappa shape index (κ2) is 11.3. The van der Waals surface area contributed by atoms with Crippen molar-refractivity contribution in [1.82, 2.24) is 9.97 Å². The number of fused-ring (bicyclic) bond motifs is 1. The van der Waals surface area contributed by atoms with Crippen molar-refractivity contribution in [3.8, 4) is 0 Å². The van der Waals surface area contributed by atoms with Gasteiger partial charge in [0.05, 0.1) is 11.7 Å². The van der Waals surface area contributed by atoms with Gasteiger partial charge in [-0.05, 0) is 77.6 Å². The molecule has 3 nitrogen and oxygen atoms in total. The second-order valence-electron chi connectivity index (χ2n) is 15.2. The van der Waals surface area contributed by atoms with E-state index in [0.717, 1.165) is 58.8 Å². The minimum absolute atomic E-state index is 0.00798. The standard InChI is InChI=1S/C34H47F5N2OSi/c1-20(2)30-27(21(3)24-12-11-23(19-40-24)34(37,38)39)28(22-13-15-33(35,36)16-14-22)29-25(41-30)17-32(7,8)18-26(29)42-43(9,10)31(4,5)6/h11-13,19-21,26H,14-18H2,1-10H3/t21-,26?/m1/s1. The topological polar surface area (TPSA) is 35.0 Å². The predicted molar refractivity (Wildman–Crippen MR) is 165 cm³/mol. The normalized spacial score (nSPS) is 21.4. The molecule has 0 aromatic carbocycles. The molecule has 2 aromatic rings. The highest BCUT2D eigenvalue weighted by molar-refractivity contribution is 6.74. The van der Waals surface area contributed by atoms with Crippen LogP contribution < -0.4 is 0 Å². The van der Waals surface area contributed by atoms with E-state index >= 15 is 0 Å². The molecule has 238 valence electrons. The Hall–Kier alpha value is -2.13. The Morgan fingerprint density at radius 2 is 1.70 bits per heavy atom. The first kappa shape index (κ1) is 33.8. The molecule has 0 fully saturated rings. The summed E-state index contributed by atoms with van der Waals surface area (Å²) in [4.78, 5) is 9.56. The second-order valence-corrected chi connectivity index (χ2v) is 19.9. The van der Waals surface area contributed by atoms with Crippen molar-refractivity contribution >= 4 is 13.9 Å². The maximum absolute atomic E-state index is 14.5. The maximum Gasteiger partial charge on any atom is 0.417 e. The van der Waals surface area contributed by atoms with Crippen molar-refractivity contribution < 1.29 is 26.4 Å². The molecule has 0 aliphatic heterocycles. The monoisotopic (exact) mass is 622 g/mol. The van der Waals surface area contributed by atoms with Crippen LogP contribution in [0.25, 0.3) is 5.57 Å². The molecule has 1 unspecified atom stereocenters. The van der Waals surface area contributed by atoms with Crippen molar-refractivity contribution in [1.29, 1.82) is 0 Å². The van der Waals surface area contributed by atoms with E-state index in [0.29, 0.717) is 5.69 Å². The van der Waals surface area contributed by atoms with Gasteiger partial charge in [0.25, 0.3) is 5.92 Å². The van der Waals surface area contributed by atoms with Crippen LogP contribution >= 0.6 is 0 Å². The number of allylic oxidation sites excluding steroid dienone is 2. The van der Waals surface area contributed by atoms with E-state index in [1.165, 1.54) is 6.07 Å². The summed E-state index contributed by atoms with van der Waals surface area (Å²) < 4.78 is 76.2. The maximum atomic E-state index is 14.5. The number of aromatic nitrogens is 2. The highest BCUT2D eigenvalue weighted by Gasteiger charge is 2.45.